The number of carboxylic acid groups (broad SMARTS) is 1. The molecule has 0 aromatic rings. The van der Waals surface area contributed by atoms with E-state index < -0.39 is 24.5 Å². The van der Waals surface area contributed by atoms with Crippen molar-refractivity contribution < 1.29 is 24.9 Å². The number of carbonyl (C=O) groups excluding carboxylic acids is 2. The topological polar surface area (TPSA) is 97.7 Å². The van der Waals surface area contributed by atoms with Crippen LogP contribution in [0.5, 0.6) is 0 Å². The zero-order valence-corrected chi connectivity index (χ0v) is 4.40. The van der Waals surface area contributed by atoms with E-state index in [1.54, 1.807) is 0 Å². The summed E-state index contributed by atoms with van der Waals surface area (Å²) in [6.45, 7) is -0.991. The molecule has 0 saturated heterocycles. The van der Waals surface area contributed by atoms with Crippen LogP contribution < -0.4 is 5.11 Å². The minimum Gasteiger partial charge on any atom is -0.547 e. The highest BCUT2D eigenvalue weighted by Crippen LogP contribution is 1.80. The van der Waals surface area contributed by atoms with Gasteiger partial charge in [-0.3, -0.25) is 4.79 Å². The summed E-state index contributed by atoms with van der Waals surface area (Å²) in [6, 6.07) is 0. The molecule has 0 bridgehead atoms. The van der Waals surface area contributed by atoms with Gasteiger partial charge in [-0.2, -0.15) is 0 Å². The normalized spacial score (nSPS) is 12.7. The summed E-state index contributed by atoms with van der Waals surface area (Å²) in [5.41, 5.74) is 0. The Labute approximate surface area is 50.5 Å². The highest BCUT2D eigenvalue weighted by Gasteiger charge is 2.13. The lowest BCUT2D eigenvalue weighted by molar-refractivity contribution is -0.313. The second-order valence-corrected chi connectivity index (χ2v) is 1.35. The summed E-state index contributed by atoms with van der Waals surface area (Å²) < 4.78 is 0. The van der Waals surface area contributed by atoms with Crippen molar-refractivity contribution in [2.45, 2.75) is 6.10 Å². The molecule has 0 heterocycles. The monoisotopic (exact) mass is 133 g/mol. The van der Waals surface area contributed by atoms with E-state index in [9.17, 15) is 14.7 Å². The maximum absolute atomic E-state index is 10.0. The van der Waals surface area contributed by atoms with E-state index in [0.29, 0.717) is 0 Å². The Morgan fingerprint density at radius 3 is 2.11 bits per heavy atom. The van der Waals surface area contributed by atoms with Gasteiger partial charge in [0.1, 0.15) is 6.61 Å². The fraction of sp³-hybridized carbons (Fsp3) is 0.500. The highest BCUT2D eigenvalue weighted by atomic mass is 16.4. The number of aliphatic carboxylic acids is 1. The summed E-state index contributed by atoms with van der Waals surface area (Å²) >= 11 is 0. The third-order valence-corrected chi connectivity index (χ3v) is 0.684. The summed E-state index contributed by atoms with van der Waals surface area (Å²) in [7, 11) is 0. The number of hydrogen-bond donors (Lipinski definition) is 2. The second kappa shape index (κ2) is 3.16. The van der Waals surface area contributed by atoms with Crippen molar-refractivity contribution in [3.63, 3.8) is 0 Å². The van der Waals surface area contributed by atoms with Crippen LogP contribution in [0.1, 0.15) is 0 Å². The van der Waals surface area contributed by atoms with Crippen molar-refractivity contribution in [1.82, 2.24) is 0 Å². The number of aliphatic hydroxyl groups excluding tert-OH is 2. The lowest BCUT2D eigenvalue weighted by atomic mass is 10.2. The average Bonchev–Trinajstić information content (AvgIpc) is 1.84. The molecule has 5 heteroatoms. The van der Waals surface area contributed by atoms with Gasteiger partial charge in [-0.1, -0.05) is 0 Å². The first-order chi connectivity index (χ1) is 4.09. The highest BCUT2D eigenvalue weighted by molar-refractivity contribution is 6.00. The molecule has 0 aromatic carbocycles. The number of Topliss-reactive ketones (excluding diaryl/α,β-unsaturated/α-hetero) is 1. The van der Waals surface area contributed by atoms with Crippen LogP contribution in [0.25, 0.3) is 0 Å². The molecule has 0 aliphatic heterocycles. The summed E-state index contributed by atoms with van der Waals surface area (Å²) in [4.78, 5) is 19.6. The van der Waals surface area contributed by atoms with Gasteiger partial charge in [0.15, 0.2) is 11.9 Å². The molecule has 0 unspecified atom stereocenters. The number of carbonyl (C=O) groups is 2. The summed E-state index contributed by atoms with van der Waals surface area (Å²) in [6.07, 6.45) is -2.20. The van der Waals surface area contributed by atoms with Gasteiger partial charge in [0.2, 0.25) is 0 Å². The van der Waals surface area contributed by atoms with Crippen molar-refractivity contribution in [2.24, 2.45) is 0 Å². The molecule has 0 amide bonds. The van der Waals surface area contributed by atoms with Crippen molar-refractivity contribution in [1.29, 1.82) is 0 Å². The van der Waals surface area contributed by atoms with Crippen molar-refractivity contribution in [3.05, 3.63) is 0 Å². The summed E-state index contributed by atoms with van der Waals surface area (Å²) in [5, 5.41) is 25.8. The van der Waals surface area contributed by atoms with Gasteiger partial charge in [0.25, 0.3) is 0 Å². The Morgan fingerprint density at radius 2 is 2.00 bits per heavy atom. The SMILES string of the molecule is O=C([O-])[C@@H](O)C(=O)CO. The predicted octanol–water partition coefficient (Wildman–Crippen LogP) is -3.34. The van der Waals surface area contributed by atoms with Crippen LogP contribution >= 0.6 is 0 Å². The molecule has 0 aromatic heterocycles. The molecule has 0 radical (unpaired) electrons. The molecule has 2 N–H and O–H groups in total. The third kappa shape index (κ3) is 2.20. The molecule has 0 fully saturated rings. The number of ketones is 1. The Bertz CT molecular complexity index is 129. The zero-order valence-electron chi connectivity index (χ0n) is 4.40. The number of carboxylic acids is 1. The van der Waals surface area contributed by atoms with E-state index in [1.807, 2.05) is 0 Å². The van der Waals surface area contributed by atoms with Crippen LogP contribution in [0.4, 0.5) is 0 Å². The van der Waals surface area contributed by atoms with Crippen LogP contribution in [0.3, 0.4) is 0 Å². The Hall–Kier alpha value is -0.940. The first-order valence-electron chi connectivity index (χ1n) is 2.12. The molecule has 1 atom stereocenters. The van der Waals surface area contributed by atoms with Gasteiger partial charge in [-0.15, -0.1) is 0 Å². The van der Waals surface area contributed by atoms with Crippen LogP contribution in [-0.2, 0) is 9.59 Å². The van der Waals surface area contributed by atoms with Crippen molar-refractivity contribution in [2.75, 3.05) is 6.61 Å². The molecule has 0 aliphatic carbocycles. The molecule has 52 valence electrons. The van der Waals surface area contributed by atoms with E-state index in [-0.39, 0.29) is 0 Å². The first kappa shape index (κ1) is 8.06. The fourth-order valence-electron chi connectivity index (χ4n) is 0.218. The maximum atomic E-state index is 10.0. The first-order valence-corrected chi connectivity index (χ1v) is 2.12. The second-order valence-electron chi connectivity index (χ2n) is 1.35. The molecule has 0 saturated carbocycles. The minimum atomic E-state index is -2.20. The van der Waals surface area contributed by atoms with E-state index in [1.165, 1.54) is 0 Å². The van der Waals surface area contributed by atoms with Crippen LogP contribution in [0.15, 0.2) is 0 Å². The Morgan fingerprint density at radius 1 is 1.56 bits per heavy atom. The lowest BCUT2D eigenvalue weighted by Gasteiger charge is -2.06. The summed E-state index contributed by atoms with van der Waals surface area (Å²) in [5.74, 6) is -3.07. The van der Waals surface area contributed by atoms with Gasteiger partial charge in [-0.05, 0) is 0 Å². The predicted molar refractivity (Wildman–Crippen MR) is 23.1 cm³/mol. The number of rotatable bonds is 3. The van der Waals surface area contributed by atoms with Gasteiger partial charge >= 0.3 is 0 Å². The molecular formula is C4H5O5-. The van der Waals surface area contributed by atoms with Gasteiger partial charge in [-0.25, -0.2) is 0 Å². The standard InChI is InChI=1S/C4H6O5/c5-1-2(6)3(7)4(8)9/h3,5,7H,1H2,(H,8,9)/p-1/t3-/m0/s1. The molecule has 0 aliphatic rings. The van der Waals surface area contributed by atoms with Crippen molar-refractivity contribution in [3.8, 4) is 0 Å². The lowest BCUT2D eigenvalue weighted by Crippen LogP contribution is -2.42. The van der Waals surface area contributed by atoms with Crippen LogP contribution in [-0.4, -0.2) is 34.7 Å². The van der Waals surface area contributed by atoms with E-state index >= 15 is 0 Å². The average molecular weight is 133 g/mol. The molecule has 0 spiro atoms. The Balaban J connectivity index is 3.88. The van der Waals surface area contributed by atoms with E-state index in [0.717, 1.165) is 0 Å². The number of hydrogen-bond acceptors (Lipinski definition) is 5. The smallest absolute Gasteiger partial charge is 0.192 e. The Kier molecular flexibility index (Phi) is 2.83. The van der Waals surface area contributed by atoms with Gasteiger partial charge < -0.3 is 20.1 Å². The quantitative estimate of drug-likeness (QED) is 0.392. The van der Waals surface area contributed by atoms with Gasteiger partial charge in [0.05, 0.1) is 5.97 Å². The third-order valence-electron chi connectivity index (χ3n) is 0.684. The van der Waals surface area contributed by atoms with Crippen LogP contribution in [0, 0.1) is 0 Å². The van der Waals surface area contributed by atoms with E-state index in [2.05, 4.69) is 0 Å². The molecule has 9 heavy (non-hydrogen) atoms. The maximum Gasteiger partial charge on any atom is 0.192 e. The minimum absolute atomic E-state index is 0.991. The fourth-order valence-corrected chi connectivity index (χ4v) is 0.218. The number of aliphatic hydroxyl groups is 2. The van der Waals surface area contributed by atoms with Gasteiger partial charge in [0, 0.05) is 0 Å². The zero-order chi connectivity index (χ0) is 7.44. The van der Waals surface area contributed by atoms with Crippen molar-refractivity contribution >= 4 is 11.8 Å². The molecular weight excluding hydrogens is 128 g/mol. The molecule has 5 nitrogen and oxygen atoms in total. The van der Waals surface area contributed by atoms with Crippen LogP contribution in [0.2, 0.25) is 0 Å². The molecule has 0 rings (SSSR count). The van der Waals surface area contributed by atoms with E-state index in [4.69, 9.17) is 10.2 Å². The largest absolute Gasteiger partial charge is 0.547 e.